The summed E-state index contributed by atoms with van der Waals surface area (Å²) in [6.07, 6.45) is 3.38. The van der Waals surface area contributed by atoms with E-state index in [4.69, 9.17) is 4.74 Å². The van der Waals surface area contributed by atoms with Crippen LogP contribution in [0.3, 0.4) is 0 Å². The maximum atomic E-state index is 11.1. The fraction of sp³-hybridized carbons (Fsp3) is 0.571. The van der Waals surface area contributed by atoms with E-state index in [1.165, 1.54) is 0 Å². The summed E-state index contributed by atoms with van der Waals surface area (Å²) in [5.74, 6) is 0.0150. The Morgan fingerprint density at radius 2 is 2.36 bits per heavy atom. The average molecular weight is 173 g/mol. The van der Waals surface area contributed by atoms with Crippen molar-refractivity contribution in [3.05, 3.63) is 11.0 Å². The Morgan fingerprint density at radius 3 is 2.73 bits per heavy atom. The van der Waals surface area contributed by atoms with Crippen LogP contribution in [0.1, 0.15) is 0 Å². The fourth-order valence-corrected chi connectivity index (χ4v) is 1.71. The number of nitrogens with zero attached hydrogens (tertiary/aromatic N) is 1. The molecule has 0 saturated heterocycles. The van der Waals surface area contributed by atoms with Crippen LogP contribution in [0, 0.1) is 0 Å². The minimum Gasteiger partial charge on any atom is -0.357 e. The average Bonchev–Trinajstić information content (AvgIpc) is 2.28. The summed E-state index contributed by atoms with van der Waals surface area (Å²) < 4.78 is 5.11. The summed E-state index contributed by atoms with van der Waals surface area (Å²) in [5.41, 5.74) is 0. The first-order chi connectivity index (χ1) is 5.20. The summed E-state index contributed by atoms with van der Waals surface area (Å²) in [5, 5.41) is 0. The van der Waals surface area contributed by atoms with E-state index in [2.05, 4.69) is 0 Å². The van der Waals surface area contributed by atoms with Gasteiger partial charge in [0, 0.05) is 25.1 Å². The summed E-state index contributed by atoms with van der Waals surface area (Å²) in [4.78, 5) is 13.6. The molecule has 0 radical (unpaired) electrons. The van der Waals surface area contributed by atoms with Crippen molar-refractivity contribution in [3.8, 4) is 0 Å². The molecular weight excluding hydrogens is 162 g/mol. The molecule has 1 unspecified atom stereocenters. The van der Waals surface area contributed by atoms with Crippen LogP contribution in [-0.4, -0.2) is 37.4 Å². The van der Waals surface area contributed by atoms with E-state index < -0.39 is 0 Å². The van der Waals surface area contributed by atoms with Gasteiger partial charge in [0.2, 0.25) is 5.91 Å². The van der Waals surface area contributed by atoms with Gasteiger partial charge in [-0.1, -0.05) is 0 Å². The first kappa shape index (κ1) is 8.62. The lowest BCUT2D eigenvalue weighted by Crippen LogP contribution is -2.32. The fourth-order valence-electron chi connectivity index (χ4n) is 1.04. The highest BCUT2D eigenvalue weighted by Gasteiger charge is 2.28. The lowest BCUT2D eigenvalue weighted by molar-refractivity contribution is -0.130. The van der Waals surface area contributed by atoms with E-state index in [9.17, 15) is 4.79 Å². The standard InChI is InChI=1S/C7H11NO2S/c1-8-6(9)4-5(11-3)7(8)10-2/h4,7H,1-3H3. The molecule has 1 aliphatic rings. The van der Waals surface area contributed by atoms with Crippen LogP contribution in [0.5, 0.6) is 0 Å². The third-order valence-corrected chi connectivity index (χ3v) is 2.46. The zero-order valence-electron chi connectivity index (χ0n) is 6.83. The van der Waals surface area contributed by atoms with E-state index in [1.807, 2.05) is 6.26 Å². The Kier molecular flexibility index (Phi) is 2.57. The molecule has 1 amide bonds. The third kappa shape index (κ3) is 1.41. The van der Waals surface area contributed by atoms with E-state index in [0.29, 0.717) is 0 Å². The predicted molar refractivity (Wildman–Crippen MR) is 45.2 cm³/mol. The van der Waals surface area contributed by atoms with Crippen molar-refractivity contribution < 1.29 is 9.53 Å². The highest BCUT2D eigenvalue weighted by Crippen LogP contribution is 2.26. The van der Waals surface area contributed by atoms with Crippen molar-refractivity contribution in [3.63, 3.8) is 0 Å². The Morgan fingerprint density at radius 1 is 1.73 bits per heavy atom. The number of thioether (sulfide) groups is 1. The molecule has 0 bridgehead atoms. The van der Waals surface area contributed by atoms with Crippen molar-refractivity contribution in [2.24, 2.45) is 0 Å². The highest BCUT2D eigenvalue weighted by atomic mass is 32.2. The monoisotopic (exact) mass is 173 g/mol. The SMILES string of the molecule is COC1C(SC)=CC(=O)N1C. The van der Waals surface area contributed by atoms with E-state index in [-0.39, 0.29) is 12.1 Å². The second-order valence-corrected chi connectivity index (χ2v) is 3.17. The Labute approximate surface area is 70.4 Å². The minimum absolute atomic E-state index is 0.0150. The summed E-state index contributed by atoms with van der Waals surface area (Å²) in [6.45, 7) is 0. The van der Waals surface area contributed by atoms with E-state index >= 15 is 0 Å². The molecule has 1 atom stereocenters. The number of rotatable bonds is 2. The van der Waals surface area contributed by atoms with Gasteiger partial charge in [-0.05, 0) is 6.26 Å². The smallest absolute Gasteiger partial charge is 0.249 e. The lowest BCUT2D eigenvalue weighted by atomic mass is 10.5. The van der Waals surface area contributed by atoms with Crippen LogP contribution in [-0.2, 0) is 9.53 Å². The van der Waals surface area contributed by atoms with Crippen molar-refractivity contribution in [1.29, 1.82) is 0 Å². The largest absolute Gasteiger partial charge is 0.357 e. The zero-order valence-corrected chi connectivity index (χ0v) is 7.64. The predicted octanol–water partition coefficient (Wildman–Crippen LogP) is 0.678. The van der Waals surface area contributed by atoms with Crippen LogP contribution in [0.25, 0.3) is 0 Å². The van der Waals surface area contributed by atoms with Gasteiger partial charge in [-0.3, -0.25) is 4.79 Å². The molecule has 1 rings (SSSR count). The van der Waals surface area contributed by atoms with Crippen LogP contribution < -0.4 is 0 Å². The number of hydrogen-bond acceptors (Lipinski definition) is 3. The van der Waals surface area contributed by atoms with Gasteiger partial charge in [-0.15, -0.1) is 11.8 Å². The molecule has 11 heavy (non-hydrogen) atoms. The zero-order chi connectivity index (χ0) is 8.43. The van der Waals surface area contributed by atoms with Crippen LogP contribution in [0.2, 0.25) is 0 Å². The first-order valence-corrected chi connectivity index (χ1v) is 4.48. The van der Waals surface area contributed by atoms with Gasteiger partial charge in [-0.25, -0.2) is 0 Å². The van der Waals surface area contributed by atoms with Gasteiger partial charge in [-0.2, -0.15) is 0 Å². The van der Waals surface area contributed by atoms with E-state index in [1.54, 1.807) is 36.9 Å². The Balaban J connectivity index is 2.78. The molecule has 0 aromatic carbocycles. The molecule has 0 aromatic rings. The maximum absolute atomic E-state index is 11.1. The molecule has 0 aromatic heterocycles. The lowest BCUT2D eigenvalue weighted by Gasteiger charge is -2.20. The molecule has 0 saturated carbocycles. The molecule has 0 N–H and O–H groups in total. The maximum Gasteiger partial charge on any atom is 0.249 e. The molecule has 1 aliphatic heterocycles. The van der Waals surface area contributed by atoms with Crippen LogP contribution in [0.4, 0.5) is 0 Å². The van der Waals surface area contributed by atoms with Crippen molar-refractivity contribution in [2.75, 3.05) is 20.4 Å². The van der Waals surface area contributed by atoms with Crippen LogP contribution in [0.15, 0.2) is 11.0 Å². The van der Waals surface area contributed by atoms with Gasteiger partial charge in [0.1, 0.15) is 0 Å². The number of carbonyl (C=O) groups is 1. The summed E-state index contributed by atoms with van der Waals surface area (Å²) in [7, 11) is 3.33. The molecule has 3 nitrogen and oxygen atoms in total. The van der Waals surface area contributed by atoms with Gasteiger partial charge in [0.15, 0.2) is 6.23 Å². The number of methoxy groups -OCH3 is 1. The summed E-state index contributed by atoms with van der Waals surface area (Å²) in [6, 6.07) is 0. The van der Waals surface area contributed by atoms with Crippen molar-refractivity contribution in [2.45, 2.75) is 6.23 Å². The number of amides is 1. The van der Waals surface area contributed by atoms with Crippen molar-refractivity contribution in [1.82, 2.24) is 4.90 Å². The quantitative estimate of drug-likeness (QED) is 0.615. The number of ether oxygens (including phenoxy) is 1. The first-order valence-electron chi connectivity index (χ1n) is 3.26. The van der Waals surface area contributed by atoms with Crippen LogP contribution >= 0.6 is 11.8 Å². The Bertz CT molecular complexity index is 203. The molecule has 4 heteroatoms. The minimum atomic E-state index is -0.169. The molecule has 1 heterocycles. The van der Waals surface area contributed by atoms with E-state index in [0.717, 1.165) is 4.91 Å². The summed E-state index contributed by atoms with van der Waals surface area (Å²) >= 11 is 1.55. The number of hydrogen-bond donors (Lipinski definition) is 0. The third-order valence-electron chi connectivity index (χ3n) is 1.67. The molecule has 0 spiro atoms. The second kappa shape index (κ2) is 3.28. The number of carbonyl (C=O) groups excluding carboxylic acids is 1. The molecular formula is C7H11NO2S. The number of likely N-dealkylation sites (N-methyl/N-ethyl adjacent to an activating group) is 1. The molecule has 62 valence electrons. The topological polar surface area (TPSA) is 29.5 Å². The second-order valence-electron chi connectivity index (χ2n) is 2.29. The van der Waals surface area contributed by atoms with Gasteiger partial charge >= 0.3 is 0 Å². The van der Waals surface area contributed by atoms with Gasteiger partial charge < -0.3 is 9.64 Å². The highest BCUT2D eigenvalue weighted by molar-refractivity contribution is 8.02. The normalized spacial score (nSPS) is 24.3. The molecule has 0 aliphatic carbocycles. The van der Waals surface area contributed by atoms with Gasteiger partial charge in [0.05, 0.1) is 0 Å². The Hall–Kier alpha value is -0.480. The molecule has 0 fully saturated rings. The van der Waals surface area contributed by atoms with Gasteiger partial charge in [0.25, 0.3) is 0 Å². The van der Waals surface area contributed by atoms with Crippen molar-refractivity contribution >= 4 is 17.7 Å².